The number of nitrogen functional groups attached to an aromatic ring is 1. The summed E-state index contributed by atoms with van der Waals surface area (Å²) in [6, 6.07) is 9.83. The monoisotopic (exact) mass is 293 g/mol. The first kappa shape index (κ1) is 14.0. The van der Waals surface area contributed by atoms with Crippen molar-refractivity contribution < 1.29 is 18.1 Å². The number of phenolic OH excluding ortho intramolecular Hbond substituents is 1. The number of aromatic hydroxyl groups is 1. The van der Waals surface area contributed by atoms with Crippen molar-refractivity contribution in [1.29, 1.82) is 0 Å². The molecule has 0 aliphatic rings. The average Bonchev–Trinajstić information content (AvgIpc) is 2.38. The molecule has 0 heterocycles. The predicted molar refractivity (Wildman–Crippen MR) is 73.0 cm³/mol. The molecular formula is C12H11N3O4S. The molecular weight excluding hydrogens is 282 g/mol. The molecule has 0 amide bonds. The van der Waals surface area contributed by atoms with Crippen LogP contribution in [0, 0.1) is 0 Å². The Balaban J connectivity index is 2.28. The van der Waals surface area contributed by atoms with Gasteiger partial charge >= 0.3 is 0 Å². The number of nitrogens with zero attached hydrogens (tertiary/aromatic N) is 2. The molecule has 2 aromatic rings. The summed E-state index contributed by atoms with van der Waals surface area (Å²) in [5.74, 6) is -0.403. The van der Waals surface area contributed by atoms with E-state index >= 15 is 0 Å². The Morgan fingerprint density at radius 1 is 1.00 bits per heavy atom. The first-order valence-corrected chi connectivity index (χ1v) is 6.88. The lowest BCUT2D eigenvalue weighted by Gasteiger charge is -2.01. The van der Waals surface area contributed by atoms with E-state index in [1.807, 2.05) is 0 Å². The van der Waals surface area contributed by atoms with Crippen LogP contribution in [-0.2, 0) is 10.1 Å². The number of phenols is 1. The van der Waals surface area contributed by atoms with E-state index in [0.29, 0.717) is 11.4 Å². The van der Waals surface area contributed by atoms with E-state index in [2.05, 4.69) is 10.2 Å². The fourth-order valence-electron chi connectivity index (χ4n) is 1.40. The second-order valence-electron chi connectivity index (χ2n) is 3.92. The van der Waals surface area contributed by atoms with Crippen LogP contribution < -0.4 is 5.73 Å². The number of hydrogen-bond acceptors (Lipinski definition) is 6. The van der Waals surface area contributed by atoms with E-state index in [1.54, 1.807) is 24.3 Å². The van der Waals surface area contributed by atoms with Gasteiger partial charge in [-0.2, -0.15) is 13.5 Å². The summed E-state index contributed by atoms with van der Waals surface area (Å²) >= 11 is 0. The van der Waals surface area contributed by atoms with Gasteiger partial charge in [0.25, 0.3) is 10.1 Å². The smallest absolute Gasteiger partial charge is 0.294 e. The van der Waals surface area contributed by atoms with Gasteiger partial charge in [-0.1, -0.05) is 0 Å². The zero-order chi connectivity index (χ0) is 14.8. The third-order valence-corrected chi connectivity index (χ3v) is 3.26. The molecule has 20 heavy (non-hydrogen) atoms. The normalized spacial score (nSPS) is 11.8. The Kier molecular flexibility index (Phi) is 3.68. The third kappa shape index (κ3) is 3.31. The second kappa shape index (κ2) is 5.27. The zero-order valence-electron chi connectivity index (χ0n) is 10.1. The van der Waals surface area contributed by atoms with Crippen molar-refractivity contribution in [2.75, 3.05) is 5.73 Å². The summed E-state index contributed by atoms with van der Waals surface area (Å²) in [5.41, 5.74) is 6.71. The van der Waals surface area contributed by atoms with Gasteiger partial charge in [-0.25, -0.2) is 0 Å². The summed E-state index contributed by atoms with van der Waals surface area (Å²) in [6.07, 6.45) is 0. The van der Waals surface area contributed by atoms with Gasteiger partial charge < -0.3 is 10.8 Å². The van der Waals surface area contributed by atoms with Crippen LogP contribution in [0.1, 0.15) is 0 Å². The van der Waals surface area contributed by atoms with Crippen molar-refractivity contribution in [3.05, 3.63) is 42.5 Å². The summed E-state index contributed by atoms with van der Waals surface area (Å²) < 4.78 is 30.6. The molecule has 0 fully saturated rings. The maximum Gasteiger partial charge on any atom is 0.294 e. The number of hydrogen-bond donors (Lipinski definition) is 3. The lowest BCUT2D eigenvalue weighted by Crippen LogP contribution is -1.96. The van der Waals surface area contributed by atoms with Gasteiger partial charge in [0.2, 0.25) is 0 Å². The summed E-state index contributed by atoms with van der Waals surface area (Å²) in [7, 11) is -4.36. The molecule has 0 saturated heterocycles. The van der Waals surface area contributed by atoms with Crippen LogP contribution in [-0.4, -0.2) is 18.1 Å². The minimum atomic E-state index is -4.36. The first-order chi connectivity index (χ1) is 9.36. The van der Waals surface area contributed by atoms with Crippen LogP contribution >= 0.6 is 0 Å². The van der Waals surface area contributed by atoms with Crippen LogP contribution in [0.4, 0.5) is 17.1 Å². The number of anilines is 1. The molecule has 0 aliphatic heterocycles. The molecule has 0 saturated carbocycles. The highest BCUT2D eigenvalue weighted by Crippen LogP contribution is 2.30. The van der Waals surface area contributed by atoms with Gasteiger partial charge in [-0.3, -0.25) is 4.55 Å². The van der Waals surface area contributed by atoms with Crippen molar-refractivity contribution in [3.63, 3.8) is 0 Å². The minimum Gasteiger partial charge on any atom is -0.506 e. The highest BCUT2D eigenvalue weighted by molar-refractivity contribution is 7.85. The average molecular weight is 293 g/mol. The summed E-state index contributed by atoms with van der Waals surface area (Å²) in [6.45, 7) is 0. The van der Waals surface area contributed by atoms with Crippen molar-refractivity contribution in [1.82, 2.24) is 0 Å². The Hall–Kier alpha value is -2.45. The van der Waals surface area contributed by atoms with Crippen LogP contribution in [0.15, 0.2) is 57.6 Å². The SMILES string of the molecule is Nc1ccc(N=Nc2ccc(S(=O)(=O)O)cc2O)cc1. The standard InChI is InChI=1S/C12H11N3O4S/c13-8-1-3-9(4-2-8)14-15-11-6-5-10(7-12(11)16)20(17,18)19/h1-7,16H,13H2,(H,17,18,19). The van der Waals surface area contributed by atoms with Crippen LogP contribution in [0.3, 0.4) is 0 Å². The van der Waals surface area contributed by atoms with Gasteiger partial charge in [-0.05, 0) is 36.4 Å². The van der Waals surface area contributed by atoms with E-state index in [4.69, 9.17) is 10.3 Å². The van der Waals surface area contributed by atoms with Gasteiger partial charge in [0.05, 0.1) is 10.6 Å². The van der Waals surface area contributed by atoms with E-state index in [-0.39, 0.29) is 5.69 Å². The highest BCUT2D eigenvalue weighted by Gasteiger charge is 2.12. The third-order valence-electron chi connectivity index (χ3n) is 2.41. The zero-order valence-corrected chi connectivity index (χ0v) is 10.9. The molecule has 2 aromatic carbocycles. The lowest BCUT2D eigenvalue weighted by molar-refractivity contribution is 0.467. The lowest BCUT2D eigenvalue weighted by atomic mass is 10.3. The van der Waals surface area contributed by atoms with Gasteiger partial charge in [0, 0.05) is 11.8 Å². The molecule has 2 rings (SSSR count). The first-order valence-electron chi connectivity index (χ1n) is 5.44. The van der Waals surface area contributed by atoms with Gasteiger partial charge in [0.15, 0.2) is 0 Å². The molecule has 8 heteroatoms. The van der Waals surface area contributed by atoms with Gasteiger partial charge in [-0.15, -0.1) is 5.11 Å². The number of benzene rings is 2. The molecule has 0 bridgehead atoms. The van der Waals surface area contributed by atoms with Gasteiger partial charge in [0.1, 0.15) is 11.4 Å². The van der Waals surface area contributed by atoms with E-state index in [9.17, 15) is 13.5 Å². The number of rotatable bonds is 3. The summed E-state index contributed by atoms with van der Waals surface area (Å²) in [4.78, 5) is -0.415. The fourth-order valence-corrected chi connectivity index (χ4v) is 1.90. The second-order valence-corrected chi connectivity index (χ2v) is 5.34. The Morgan fingerprint density at radius 2 is 1.65 bits per heavy atom. The van der Waals surface area contributed by atoms with E-state index in [1.165, 1.54) is 6.07 Å². The van der Waals surface area contributed by atoms with Crippen molar-refractivity contribution >= 4 is 27.2 Å². The quantitative estimate of drug-likeness (QED) is 0.455. The van der Waals surface area contributed by atoms with E-state index in [0.717, 1.165) is 12.1 Å². The molecule has 0 radical (unpaired) electrons. The van der Waals surface area contributed by atoms with Crippen molar-refractivity contribution in [2.24, 2.45) is 10.2 Å². The van der Waals surface area contributed by atoms with Crippen LogP contribution in [0.25, 0.3) is 0 Å². The molecule has 0 atom stereocenters. The van der Waals surface area contributed by atoms with Crippen LogP contribution in [0.5, 0.6) is 5.75 Å². The Labute approximate surface area is 115 Å². The van der Waals surface area contributed by atoms with E-state index < -0.39 is 20.8 Å². The maximum absolute atomic E-state index is 10.9. The molecule has 0 aliphatic carbocycles. The molecule has 7 nitrogen and oxygen atoms in total. The molecule has 0 aromatic heterocycles. The highest BCUT2D eigenvalue weighted by atomic mass is 32.2. The molecule has 4 N–H and O–H groups in total. The topological polar surface area (TPSA) is 125 Å². The van der Waals surface area contributed by atoms with Crippen molar-refractivity contribution in [2.45, 2.75) is 4.90 Å². The number of azo groups is 1. The maximum atomic E-state index is 10.9. The largest absolute Gasteiger partial charge is 0.506 e. The fraction of sp³-hybridized carbons (Fsp3) is 0. The molecule has 104 valence electrons. The predicted octanol–water partition coefficient (Wildman–Crippen LogP) is 2.64. The Bertz CT molecular complexity index is 755. The Morgan fingerprint density at radius 3 is 2.20 bits per heavy atom. The molecule has 0 spiro atoms. The van der Waals surface area contributed by atoms with Crippen molar-refractivity contribution in [3.8, 4) is 5.75 Å². The number of nitrogens with two attached hydrogens (primary N) is 1. The summed E-state index contributed by atoms with van der Waals surface area (Å²) in [5, 5.41) is 17.3. The molecule has 0 unspecified atom stereocenters. The minimum absolute atomic E-state index is 0.0780. The van der Waals surface area contributed by atoms with Crippen LogP contribution in [0.2, 0.25) is 0 Å².